The van der Waals surface area contributed by atoms with Crippen LogP contribution in [0.1, 0.15) is 0 Å². The van der Waals surface area contributed by atoms with Gasteiger partial charge in [0.15, 0.2) is 0 Å². The Labute approximate surface area is 194 Å². The van der Waals surface area contributed by atoms with E-state index in [4.69, 9.17) is 0 Å². The fourth-order valence-corrected chi connectivity index (χ4v) is 4.59. The number of nitrogens with one attached hydrogen (secondary N) is 1. The second-order valence-electron chi connectivity index (χ2n) is 8.34. The lowest BCUT2D eigenvalue weighted by molar-refractivity contribution is 1.54. The van der Waals surface area contributed by atoms with Gasteiger partial charge in [-0.25, -0.2) is 0 Å². The van der Waals surface area contributed by atoms with Crippen LogP contribution in [0.15, 0.2) is 133 Å². The van der Waals surface area contributed by atoms with E-state index >= 15 is 0 Å². The number of hydrogen-bond acceptors (Lipinski definition) is 1. The van der Waals surface area contributed by atoms with E-state index in [1.165, 1.54) is 43.8 Å². The van der Waals surface area contributed by atoms with E-state index in [1.807, 2.05) is 18.2 Å². The number of rotatable bonds is 4. The fraction of sp³-hybridized carbons (Fsp3) is 0. The lowest BCUT2D eigenvalue weighted by Gasteiger charge is -2.13. The normalized spacial score (nSPS) is 11.0. The smallest absolute Gasteiger partial charge is 0.0384 e. The first-order chi connectivity index (χ1) is 16.3. The first-order valence-corrected chi connectivity index (χ1v) is 11.3. The SMILES string of the molecule is c1ccc(Nc2ccc(-c3cccc(-c4cc5ccccc5c5ccccc45)c3)cc2)cc1. The molecule has 0 aliphatic rings. The fourth-order valence-electron chi connectivity index (χ4n) is 4.59. The van der Waals surface area contributed by atoms with Gasteiger partial charge in [0.25, 0.3) is 0 Å². The van der Waals surface area contributed by atoms with Gasteiger partial charge in [-0.2, -0.15) is 0 Å². The number of hydrogen-bond donors (Lipinski definition) is 1. The van der Waals surface area contributed by atoms with Crippen molar-refractivity contribution in [2.45, 2.75) is 0 Å². The van der Waals surface area contributed by atoms with Crippen LogP contribution in [0.4, 0.5) is 11.4 Å². The van der Waals surface area contributed by atoms with Crippen molar-refractivity contribution in [2.75, 3.05) is 5.32 Å². The molecule has 0 aliphatic carbocycles. The highest BCUT2D eigenvalue weighted by atomic mass is 14.9. The van der Waals surface area contributed by atoms with Gasteiger partial charge in [0, 0.05) is 11.4 Å². The highest BCUT2D eigenvalue weighted by Gasteiger charge is 2.09. The second-order valence-corrected chi connectivity index (χ2v) is 8.34. The average molecular weight is 422 g/mol. The maximum atomic E-state index is 3.46. The van der Waals surface area contributed by atoms with E-state index in [9.17, 15) is 0 Å². The van der Waals surface area contributed by atoms with E-state index in [0.717, 1.165) is 11.4 Å². The third kappa shape index (κ3) is 3.75. The largest absolute Gasteiger partial charge is 0.356 e. The summed E-state index contributed by atoms with van der Waals surface area (Å²) in [5.74, 6) is 0. The summed E-state index contributed by atoms with van der Waals surface area (Å²) < 4.78 is 0. The first-order valence-electron chi connectivity index (χ1n) is 11.3. The van der Waals surface area contributed by atoms with Crippen LogP contribution in [-0.4, -0.2) is 0 Å². The molecule has 33 heavy (non-hydrogen) atoms. The average Bonchev–Trinajstić information content (AvgIpc) is 2.89. The third-order valence-electron chi connectivity index (χ3n) is 6.22. The number of benzene rings is 6. The van der Waals surface area contributed by atoms with E-state index in [2.05, 4.69) is 121 Å². The molecule has 1 N–H and O–H groups in total. The molecule has 0 fully saturated rings. The molecular weight excluding hydrogens is 398 g/mol. The molecule has 0 radical (unpaired) electrons. The van der Waals surface area contributed by atoms with E-state index < -0.39 is 0 Å². The molecule has 156 valence electrons. The van der Waals surface area contributed by atoms with Crippen molar-refractivity contribution in [3.63, 3.8) is 0 Å². The van der Waals surface area contributed by atoms with Gasteiger partial charge in [-0.05, 0) is 80.2 Å². The monoisotopic (exact) mass is 421 g/mol. The zero-order valence-corrected chi connectivity index (χ0v) is 18.2. The molecule has 6 aromatic rings. The number of fused-ring (bicyclic) bond motifs is 3. The standard InChI is InChI=1S/C32H23N/c1-2-12-27(13-3-1)33-28-19-17-23(18-20-28)24-10-8-11-25(21-24)32-22-26-9-4-5-14-29(26)30-15-6-7-16-31(30)32/h1-22,33H. The molecule has 0 saturated carbocycles. The molecule has 0 atom stereocenters. The van der Waals surface area contributed by atoms with Crippen molar-refractivity contribution in [3.05, 3.63) is 133 Å². The Morgan fingerprint density at radius 1 is 0.364 bits per heavy atom. The molecule has 0 amide bonds. The minimum atomic E-state index is 1.08. The highest BCUT2D eigenvalue weighted by Crippen LogP contribution is 2.36. The molecule has 1 heteroatoms. The molecule has 0 aromatic heterocycles. The molecular formula is C32H23N. The van der Waals surface area contributed by atoms with Gasteiger partial charge in [-0.1, -0.05) is 97.1 Å². The molecule has 0 saturated heterocycles. The van der Waals surface area contributed by atoms with Crippen molar-refractivity contribution in [1.82, 2.24) is 0 Å². The summed E-state index contributed by atoms with van der Waals surface area (Å²) >= 11 is 0. The lowest BCUT2D eigenvalue weighted by Crippen LogP contribution is -1.89. The van der Waals surface area contributed by atoms with Gasteiger partial charge in [0.1, 0.15) is 0 Å². The van der Waals surface area contributed by atoms with Crippen molar-refractivity contribution < 1.29 is 0 Å². The van der Waals surface area contributed by atoms with Gasteiger partial charge < -0.3 is 5.32 Å². The van der Waals surface area contributed by atoms with Gasteiger partial charge in [0.05, 0.1) is 0 Å². The van der Waals surface area contributed by atoms with E-state index in [-0.39, 0.29) is 0 Å². The summed E-state index contributed by atoms with van der Waals surface area (Å²) in [6.07, 6.45) is 0. The maximum absolute atomic E-state index is 3.46. The molecule has 0 heterocycles. The first kappa shape index (κ1) is 19.3. The van der Waals surface area contributed by atoms with Crippen LogP contribution >= 0.6 is 0 Å². The predicted octanol–water partition coefficient (Wildman–Crippen LogP) is 9.07. The molecule has 1 nitrogen and oxygen atoms in total. The summed E-state index contributed by atoms with van der Waals surface area (Å²) in [7, 11) is 0. The lowest BCUT2D eigenvalue weighted by atomic mass is 9.92. The van der Waals surface area contributed by atoms with Crippen molar-refractivity contribution in [2.24, 2.45) is 0 Å². The summed E-state index contributed by atoms with van der Waals surface area (Å²) in [6, 6.07) is 47.4. The van der Waals surface area contributed by atoms with E-state index in [0.29, 0.717) is 0 Å². The van der Waals surface area contributed by atoms with Crippen LogP contribution in [0, 0.1) is 0 Å². The number of para-hydroxylation sites is 1. The number of anilines is 2. The summed E-state index contributed by atoms with van der Waals surface area (Å²) in [5, 5.41) is 8.61. The highest BCUT2D eigenvalue weighted by molar-refractivity contribution is 6.13. The third-order valence-corrected chi connectivity index (χ3v) is 6.22. The Kier molecular flexibility index (Phi) is 4.86. The molecule has 6 aromatic carbocycles. The molecule has 0 spiro atoms. The minimum Gasteiger partial charge on any atom is -0.356 e. The van der Waals surface area contributed by atoms with Gasteiger partial charge >= 0.3 is 0 Å². The van der Waals surface area contributed by atoms with Crippen LogP contribution in [-0.2, 0) is 0 Å². The quantitative estimate of drug-likeness (QED) is 0.280. The molecule has 0 aliphatic heterocycles. The Morgan fingerprint density at radius 2 is 1.00 bits per heavy atom. The Hall–Kier alpha value is -4.36. The van der Waals surface area contributed by atoms with Crippen molar-refractivity contribution in [3.8, 4) is 22.3 Å². The Bertz CT molecular complexity index is 1560. The van der Waals surface area contributed by atoms with Crippen molar-refractivity contribution >= 4 is 32.9 Å². The molecule has 6 rings (SSSR count). The maximum Gasteiger partial charge on any atom is 0.0384 e. The predicted molar refractivity (Wildman–Crippen MR) is 142 cm³/mol. The Morgan fingerprint density at radius 3 is 1.82 bits per heavy atom. The Balaban J connectivity index is 1.40. The van der Waals surface area contributed by atoms with E-state index in [1.54, 1.807) is 0 Å². The molecule has 0 unspecified atom stereocenters. The van der Waals surface area contributed by atoms with Gasteiger partial charge in [0.2, 0.25) is 0 Å². The van der Waals surface area contributed by atoms with Gasteiger partial charge in [-0.3, -0.25) is 0 Å². The van der Waals surface area contributed by atoms with Gasteiger partial charge in [-0.15, -0.1) is 0 Å². The zero-order chi connectivity index (χ0) is 22.0. The summed E-state index contributed by atoms with van der Waals surface area (Å²) in [6.45, 7) is 0. The van der Waals surface area contributed by atoms with Crippen LogP contribution < -0.4 is 5.32 Å². The van der Waals surface area contributed by atoms with Crippen LogP contribution in [0.5, 0.6) is 0 Å². The molecule has 0 bridgehead atoms. The van der Waals surface area contributed by atoms with Crippen molar-refractivity contribution in [1.29, 1.82) is 0 Å². The zero-order valence-electron chi connectivity index (χ0n) is 18.2. The van der Waals surface area contributed by atoms with Crippen LogP contribution in [0.2, 0.25) is 0 Å². The summed E-state index contributed by atoms with van der Waals surface area (Å²) in [4.78, 5) is 0. The topological polar surface area (TPSA) is 12.0 Å². The summed E-state index contributed by atoms with van der Waals surface area (Å²) in [5.41, 5.74) is 7.11. The minimum absolute atomic E-state index is 1.08. The second kappa shape index (κ2) is 8.29. The van der Waals surface area contributed by atoms with Crippen LogP contribution in [0.3, 0.4) is 0 Å². The van der Waals surface area contributed by atoms with Crippen LogP contribution in [0.25, 0.3) is 43.8 Å².